The van der Waals surface area contributed by atoms with Crippen LogP contribution in [0.1, 0.15) is 12.0 Å². The minimum Gasteiger partial charge on any atom is -0.456 e. The number of benzene rings is 1. The van der Waals surface area contributed by atoms with Crippen LogP contribution in [-0.4, -0.2) is 33.4 Å². The molecule has 0 aliphatic rings. The van der Waals surface area contributed by atoms with Gasteiger partial charge in [-0.1, -0.05) is 29.8 Å². The van der Waals surface area contributed by atoms with Gasteiger partial charge in [0.1, 0.15) is 4.21 Å². The van der Waals surface area contributed by atoms with Crippen LogP contribution in [0.2, 0.25) is 5.02 Å². The van der Waals surface area contributed by atoms with Gasteiger partial charge in [0.15, 0.2) is 6.61 Å². The highest BCUT2D eigenvalue weighted by Gasteiger charge is 2.15. The molecule has 1 amide bonds. The average Bonchev–Trinajstić information content (AvgIpc) is 3.15. The molecule has 0 atom stereocenters. The quantitative estimate of drug-likeness (QED) is 0.608. The van der Waals surface area contributed by atoms with E-state index in [0.29, 0.717) is 5.02 Å². The van der Waals surface area contributed by atoms with Gasteiger partial charge in [-0.15, -0.1) is 11.3 Å². The van der Waals surface area contributed by atoms with Gasteiger partial charge in [-0.3, -0.25) is 9.59 Å². The van der Waals surface area contributed by atoms with Crippen molar-refractivity contribution in [2.24, 2.45) is 0 Å². The zero-order valence-electron chi connectivity index (χ0n) is 13.6. The lowest BCUT2D eigenvalue weighted by atomic mass is 10.2. The summed E-state index contributed by atoms with van der Waals surface area (Å²) in [5.41, 5.74) is 0.858. The van der Waals surface area contributed by atoms with Crippen LogP contribution in [0.3, 0.4) is 0 Å². The summed E-state index contributed by atoms with van der Waals surface area (Å²) in [7, 11) is -3.61. The van der Waals surface area contributed by atoms with Gasteiger partial charge in [0, 0.05) is 18.1 Å². The van der Waals surface area contributed by atoms with Gasteiger partial charge in [-0.2, -0.15) is 0 Å². The number of esters is 1. The van der Waals surface area contributed by atoms with Crippen LogP contribution in [0.15, 0.2) is 46.0 Å². The van der Waals surface area contributed by atoms with E-state index in [0.717, 1.165) is 16.9 Å². The molecule has 7 nitrogen and oxygen atoms in total. The van der Waals surface area contributed by atoms with Crippen LogP contribution in [0, 0.1) is 0 Å². The maximum atomic E-state index is 11.9. The first-order valence-electron chi connectivity index (χ1n) is 7.57. The van der Waals surface area contributed by atoms with Crippen LogP contribution in [0.5, 0.6) is 0 Å². The fourth-order valence-electron chi connectivity index (χ4n) is 1.85. The van der Waals surface area contributed by atoms with E-state index in [1.165, 1.54) is 6.07 Å². The first kappa shape index (κ1) is 20.4. The predicted octanol–water partition coefficient (Wildman–Crippen LogP) is 1.93. The zero-order chi connectivity index (χ0) is 19.0. The molecule has 1 aromatic carbocycles. The van der Waals surface area contributed by atoms with Crippen LogP contribution in [0.25, 0.3) is 0 Å². The standard InChI is InChI=1S/C16H17ClN2O5S2/c17-13-5-3-12(4-6-13)10-18-14(20)11-24-15(21)7-8-19-26(22,23)16-2-1-9-25-16/h1-6,9,19H,7-8,10-11H2,(H,18,20). The van der Waals surface area contributed by atoms with E-state index >= 15 is 0 Å². The normalized spacial score (nSPS) is 11.1. The van der Waals surface area contributed by atoms with Crippen LogP contribution in [-0.2, 0) is 30.9 Å². The molecule has 0 spiro atoms. The van der Waals surface area contributed by atoms with Crippen molar-refractivity contribution in [2.75, 3.05) is 13.2 Å². The third kappa shape index (κ3) is 6.75. The van der Waals surface area contributed by atoms with E-state index in [2.05, 4.69) is 10.0 Å². The van der Waals surface area contributed by atoms with Gasteiger partial charge >= 0.3 is 5.97 Å². The Kier molecular flexibility index (Phi) is 7.58. The SMILES string of the molecule is O=C(COC(=O)CCNS(=O)(=O)c1cccs1)NCc1ccc(Cl)cc1. The average molecular weight is 417 g/mol. The van der Waals surface area contributed by atoms with Crippen LogP contribution in [0.4, 0.5) is 0 Å². The van der Waals surface area contributed by atoms with E-state index in [1.807, 2.05) is 0 Å². The Labute approximate surface area is 160 Å². The van der Waals surface area contributed by atoms with Crippen molar-refractivity contribution >= 4 is 44.8 Å². The number of halogens is 1. The van der Waals surface area contributed by atoms with Gasteiger partial charge in [0.05, 0.1) is 6.42 Å². The van der Waals surface area contributed by atoms with Gasteiger partial charge in [-0.05, 0) is 29.1 Å². The molecule has 0 bridgehead atoms. The summed E-state index contributed by atoms with van der Waals surface area (Å²) < 4.78 is 31.0. The van der Waals surface area contributed by atoms with Crippen LogP contribution < -0.4 is 10.0 Å². The molecular weight excluding hydrogens is 400 g/mol. The molecule has 2 aromatic rings. The minimum atomic E-state index is -3.61. The summed E-state index contributed by atoms with van der Waals surface area (Å²) in [6, 6.07) is 10.1. The molecule has 140 valence electrons. The topological polar surface area (TPSA) is 102 Å². The first-order valence-corrected chi connectivity index (χ1v) is 10.3. The summed E-state index contributed by atoms with van der Waals surface area (Å²) in [4.78, 5) is 23.2. The summed E-state index contributed by atoms with van der Waals surface area (Å²) in [6.45, 7) is -0.246. The number of sulfonamides is 1. The van der Waals surface area contributed by atoms with Gasteiger partial charge < -0.3 is 10.1 Å². The van der Waals surface area contributed by atoms with E-state index in [9.17, 15) is 18.0 Å². The number of thiophene rings is 1. The molecule has 0 unspecified atom stereocenters. The number of carbonyl (C=O) groups excluding carboxylic acids is 2. The maximum Gasteiger partial charge on any atom is 0.307 e. The molecule has 2 rings (SSSR count). The van der Waals surface area contributed by atoms with E-state index in [4.69, 9.17) is 16.3 Å². The minimum absolute atomic E-state index is 0.106. The molecule has 0 fully saturated rings. The smallest absolute Gasteiger partial charge is 0.307 e. The number of nitrogens with one attached hydrogen (secondary N) is 2. The highest BCUT2D eigenvalue weighted by atomic mass is 35.5. The Hall–Kier alpha value is -1.94. The summed E-state index contributed by atoms with van der Waals surface area (Å²) >= 11 is 6.85. The van der Waals surface area contributed by atoms with Crippen molar-refractivity contribution in [3.8, 4) is 0 Å². The molecule has 0 saturated heterocycles. The van der Waals surface area contributed by atoms with Crippen molar-refractivity contribution in [3.05, 3.63) is 52.4 Å². The fraction of sp³-hybridized carbons (Fsp3) is 0.250. The third-order valence-corrected chi connectivity index (χ3v) is 6.26. The largest absolute Gasteiger partial charge is 0.456 e. The number of carbonyl (C=O) groups is 2. The highest BCUT2D eigenvalue weighted by Crippen LogP contribution is 2.15. The van der Waals surface area contributed by atoms with Gasteiger partial charge in [0.2, 0.25) is 10.0 Å². The first-order chi connectivity index (χ1) is 12.4. The van der Waals surface area contributed by atoms with Gasteiger partial charge in [-0.25, -0.2) is 13.1 Å². The Morgan fingerprint density at radius 2 is 1.88 bits per heavy atom. The number of ether oxygens (including phenoxy) is 1. The summed E-state index contributed by atoms with van der Waals surface area (Å²) in [6.07, 6.45) is -0.172. The second-order valence-corrected chi connectivity index (χ2v) is 8.52. The highest BCUT2D eigenvalue weighted by molar-refractivity contribution is 7.91. The molecule has 0 aliphatic heterocycles. The van der Waals surface area contributed by atoms with Crippen molar-refractivity contribution in [1.29, 1.82) is 0 Å². The number of amides is 1. The van der Waals surface area contributed by atoms with Crippen LogP contribution >= 0.6 is 22.9 Å². The van der Waals surface area contributed by atoms with Crippen molar-refractivity contribution in [2.45, 2.75) is 17.2 Å². The Balaban J connectivity index is 1.63. The lowest BCUT2D eigenvalue weighted by Gasteiger charge is -2.07. The fourth-order valence-corrected chi connectivity index (χ4v) is 4.04. The molecule has 10 heteroatoms. The Bertz CT molecular complexity index is 836. The van der Waals surface area contributed by atoms with Crippen molar-refractivity contribution < 1.29 is 22.7 Å². The molecule has 2 N–H and O–H groups in total. The maximum absolute atomic E-state index is 11.9. The number of hydrogen-bond acceptors (Lipinski definition) is 6. The van der Waals surface area contributed by atoms with Crippen molar-refractivity contribution in [3.63, 3.8) is 0 Å². The molecule has 1 heterocycles. The lowest BCUT2D eigenvalue weighted by Crippen LogP contribution is -2.30. The molecule has 26 heavy (non-hydrogen) atoms. The molecule has 0 aliphatic carbocycles. The van der Waals surface area contributed by atoms with E-state index in [1.54, 1.807) is 35.7 Å². The molecule has 1 aromatic heterocycles. The Morgan fingerprint density at radius 3 is 2.54 bits per heavy atom. The Morgan fingerprint density at radius 1 is 1.15 bits per heavy atom. The summed E-state index contributed by atoms with van der Waals surface area (Å²) in [5.74, 6) is -1.12. The van der Waals surface area contributed by atoms with E-state index in [-0.39, 0.29) is 23.7 Å². The number of hydrogen-bond donors (Lipinski definition) is 2. The monoisotopic (exact) mass is 416 g/mol. The van der Waals surface area contributed by atoms with Gasteiger partial charge in [0.25, 0.3) is 5.91 Å². The zero-order valence-corrected chi connectivity index (χ0v) is 16.0. The van der Waals surface area contributed by atoms with Crippen molar-refractivity contribution in [1.82, 2.24) is 10.0 Å². The van der Waals surface area contributed by atoms with E-state index < -0.39 is 28.5 Å². The second kappa shape index (κ2) is 9.67. The second-order valence-electron chi connectivity index (χ2n) is 5.14. The lowest BCUT2D eigenvalue weighted by molar-refractivity contribution is -0.148. The third-order valence-electron chi connectivity index (χ3n) is 3.15. The molecule has 0 radical (unpaired) electrons. The number of rotatable bonds is 9. The summed E-state index contributed by atoms with van der Waals surface area (Å²) in [5, 5.41) is 4.85. The molecule has 0 saturated carbocycles. The predicted molar refractivity (Wildman–Crippen MR) is 98.4 cm³/mol. The molecular formula is C16H17ClN2O5S2.